The number of alkyl halides is 3. The summed E-state index contributed by atoms with van der Waals surface area (Å²) in [6.45, 7) is -0.751. The van der Waals surface area contributed by atoms with E-state index in [0.29, 0.717) is 6.07 Å². The zero-order valence-electron chi connectivity index (χ0n) is 7.27. The van der Waals surface area contributed by atoms with Crippen molar-refractivity contribution < 1.29 is 22.7 Å². The predicted molar refractivity (Wildman–Crippen MR) is 42.0 cm³/mol. The van der Waals surface area contributed by atoms with Gasteiger partial charge in [-0.3, -0.25) is 0 Å². The Morgan fingerprint density at radius 3 is 2.33 bits per heavy atom. The van der Waals surface area contributed by atoms with Crippen molar-refractivity contribution in [2.45, 2.75) is 12.8 Å². The highest BCUT2D eigenvalue weighted by atomic mass is 19.4. The molecule has 0 radical (unpaired) electrons. The van der Waals surface area contributed by atoms with Crippen molar-refractivity contribution in [1.29, 1.82) is 5.26 Å². The van der Waals surface area contributed by atoms with Crippen LogP contribution >= 0.6 is 0 Å². The normalized spacial score (nSPS) is 11.2. The molecule has 0 amide bonds. The van der Waals surface area contributed by atoms with E-state index in [-0.39, 0.29) is 11.6 Å². The minimum Gasteiger partial charge on any atom is -0.392 e. The molecule has 1 aromatic carbocycles. The van der Waals surface area contributed by atoms with E-state index in [2.05, 4.69) is 0 Å². The Morgan fingerprint density at radius 1 is 1.33 bits per heavy atom. The van der Waals surface area contributed by atoms with E-state index < -0.39 is 29.7 Å². The van der Waals surface area contributed by atoms with Crippen LogP contribution in [0.3, 0.4) is 0 Å². The monoisotopic (exact) mass is 219 g/mol. The zero-order chi connectivity index (χ0) is 11.6. The molecule has 15 heavy (non-hydrogen) atoms. The lowest BCUT2D eigenvalue weighted by molar-refractivity contribution is -0.138. The van der Waals surface area contributed by atoms with Crippen molar-refractivity contribution in [2.75, 3.05) is 0 Å². The van der Waals surface area contributed by atoms with E-state index in [1.165, 1.54) is 6.07 Å². The minimum absolute atomic E-state index is 0.212. The van der Waals surface area contributed by atoms with Crippen LogP contribution in [-0.4, -0.2) is 5.11 Å². The van der Waals surface area contributed by atoms with Crippen LogP contribution in [0.1, 0.15) is 16.7 Å². The molecular weight excluding hydrogens is 214 g/mol. The van der Waals surface area contributed by atoms with E-state index >= 15 is 0 Å². The van der Waals surface area contributed by atoms with E-state index in [1.807, 2.05) is 0 Å². The second-order valence-electron chi connectivity index (χ2n) is 2.76. The largest absolute Gasteiger partial charge is 0.417 e. The van der Waals surface area contributed by atoms with Gasteiger partial charge in [0.15, 0.2) is 0 Å². The molecule has 0 aliphatic heterocycles. The van der Waals surface area contributed by atoms with Crippen LogP contribution in [0.25, 0.3) is 0 Å². The molecule has 0 unspecified atom stereocenters. The summed E-state index contributed by atoms with van der Waals surface area (Å²) in [5.41, 5.74) is -2.37. The third-order valence-corrected chi connectivity index (χ3v) is 1.78. The molecule has 0 saturated carbocycles. The fourth-order valence-electron chi connectivity index (χ4n) is 1.07. The van der Waals surface area contributed by atoms with Gasteiger partial charge in [-0.05, 0) is 12.1 Å². The van der Waals surface area contributed by atoms with Crippen LogP contribution in [0.5, 0.6) is 0 Å². The van der Waals surface area contributed by atoms with E-state index in [0.717, 1.165) is 0 Å². The number of aliphatic hydroxyl groups excluding tert-OH is 1. The van der Waals surface area contributed by atoms with Crippen LogP contribution < -0.4 is 0 Å². The van der Waals surface area contributed by atoms with Gasteiger partial charge in [0.05, 0.1) is 23.8 Å². The van der Waals surface area contributed by atoms with Gasteiger partial charge in [0, 0.05) is 5.56 Å². The van der Waals surface area contributed by atoms with Crippen molar-refractivity contribution >= 4 is 0 Å². The second-order valence-corrected chi connectivity index (χ2v) is 2.76. The molecule has 0 heterocycles. The first kappa shape index (κ1) is 11.5. The number of hydrogen-bond donors (Lipinski definition) is 1. The van der Waals surface area contributed by atoms with Gasteiger partial charge in [-0.2, -0.15) is 18.4 Å². The molecule has 2 nitrogen and oxygen atoms in total. The van der Waals surface area contributed by atoms with Crippen molar-refractivity contribution in [1.82, 2.24) is 0 Å². The van der Waals surface area contributed by atoms with Crippen molar-refractivity contribution in [2.24, 2.45) is 0 Å². The van der Waals surface area contributed by atoms with E-state index in [4.69, 9.17) is 10.4 Å². The average molecular weight is 219 g/mol. The zero-order valence-corrected chi connectivity index (χ0v) is 7.27. The Balaban J connectivity index is 3.43. The predicted octanol–water partition coefficient (Wildman–Crippen LogP) is 2.21. The number of rotatable bonds is 1. The molecule has 0 bridgehead atoms. The lowest BCUT2D eigenvalue weighted by Crippen LogP contribution is -2.09. The lowest BCUT2D eigenvalue weighted by Gasteiger charge is -2.10. The molecule has 0 fully saturated rings. The van der Waals surface area contributed by atoms with Crippen LogP contribution in [0.2, 0.25) is 0 Å². The molecule has 80 valence electrons. The van der Waals surface area contributed by atoms with Gasteiger partial charge in [0.25, 0.3) is 0 Å². The van der Waals surface area contributed by atoms with Gasteiger partial charge in [0.2, 0.25) is 0 Å². The Kier molecular flexibility index (Phi) is 2.95. The first-order valence-corrected chi connectivity index (χ1v) is 3.80. The molecule has 0 aliphatic carbocycles. The highest BCUT2D eigenvalue weighted by Crippen LogP contribution is 2.33. The van der Waals surface area contributed by atoms with Crippen molar-refractivity contribution in [3.8, 4) is 6.07 Å². The summed E-state index contributed by atoms with van der Waals surface area (Å²) >= 11 is 0. The average Bonchev–Trinajstić information content (AvgIpc) is 2.16. The van der Waals surface area contributed by atoms with Gasteiger partial charge < -0.3 is 5.11 Å². The summed E-state index contributed by atoms with van der Waals surface area (Å²) in [5, 5.41) is 17.0. The van der Waals surface area contributed by atoms with Crippen molar-refractivity contribution in [3.63, 3.8) is 0 Å². The van der Waals surface area contributed by atoms with Crippen LogP contribution in [-0.2, 0) is 12.8 Å². The fourth-order valence-corrected chi connectivity index (χ4v) is 1.07. The summed E-state index contributed by atoms with van der Waals surface area (Å²) in [7, 11) is 0. The summed E-state index contributed by atoms with van der Waals surface area (Å²) in [4.78, 5) is 0. The third kappa shape index (κ3) is 2.25. The second kappa shape index (κ2) is 3.87. The highest BCUT2D eigenvalue weighted by molar-refractivity contribution is 5.42. The molecule has 0 aromatic heterocycles. The smallest absolute Gasteiger partial charge is 0.392 e. The van der Waals surface area contributed by atoms with E-state index in [9.17, 15) is 17.6 Å². The summed E-state index contributed by atoms with van der Waals surface area (Å²) in [6.07, 6.45) is -4.78. The van der Waals surface area contributed by atoms with Gasteiger partial charge in [-0.1, -0.05) is 0 Å². The number of hydrogen-bond acceptors (Lipinski definition) is 2. The molecule has 1 N–H and O–H groups in total. The van der Waals surface area contributed by atoms with Gasteiger partial charge >= 0.3 is 6.18 Å². The van der Waals surface area contributed by atoms with Gasteiger partial charge in [0.1, 0.15) is 5.82 Å². The number of nitrogens with zero attached hydrogens (tertiary/aromatic N) is 1. The molecule has 0 aliphatic rings. The first-order chi connectivity index (χ1) is 6.90. The summed E-state index contributed by atoms with van der Waals surface area (Å²) in [6, 6.07) is 2.21. The number of aliphatic hydroxyl groups is 1. The molecule has 1 aromatic rings. The standard InChI is InChI=1S/C9H5F4NO/c10-8-2-7(9(11,12)13)5(3-14)1-6(8)4-15/h1-2,15H,4H2. The van der Waals surface area contributed by atoms with Crippen molar-refractivity contribution in [3.05, 3.63) is 34.6 Å². The Bertz CT molecular complexity index is 419. The SMILES string of the molecule is N#Cc1cc(CO)c(F)cc1C(F)(F)F. The van der Waals surface area contributed by atoms with E-state index in [1.54, 1.807) is 0 Å². The molecule has 1 rings (SSSR count). The fraction of sp³-hybridized carbons (Fsp3) is 0.222. The van der Waals surface area contributed by atoms with Crippen LogP contribution in [0.15, 0.2) is 12.1 Å². The molecular formula is C9H5F4NO. The first-order valence-electron chi connectivity index (χ1n) is 3.80. The van der Waals surface area contributed by atoms with Crippen LogP contribution in [0, 0.1) is 17.1 Å². The molecule has 6 heteroatoms. The molecule has 0 atom stereocenters. The number of nitriles is 1. The maximum Gasteiger partial charge on any atom is 0.417 e. The Morgan fingerprint density at radius 2 is 1.93 bits per heavy atom. The maximum absolute atomic E-state index is 12.9. The van der Waals surface area contributed by atoms with Crippen LogP contribution in [0.4, 0.5) is 17.6 Å². The van der Waals surface area contributed by atoms with Gasteiger partial charge in [-0.25, -0.2) is 4.39 Å². The minimum atomic E-state index is -4.78. The number of halogens is 4. The Hall–Kier alpha value is -1.61. The molecule has 0 saturated heterocycles. The topological polar surface area (TPSA) is 44.0 Å². The lowest BCUT2D eigenvalue weighted by atomic mass is 10.0. The van der Waals surface area contributed by atoms with Gasteiger partial charge in [-0.15, -0.1) is 0 Å². The molecule has 0 spiro atoms. The highest BCUT2D eigenvalue weighted by Gasteiger charge is 2.34. The summed E-state index contributed by atoms with van der Waals surface area (Å²) < 4.78 is 49.7. The number of benzene rings is 1. The quantitative estimate of drug-likeness (QED) is 0.736. The Labute approximate surface area is 82.4 Å². The third-order valence-electron chi connectivity index (χ3n) is 1.78. The maximum atomic E-state index is 12.9. The summed E-state index contributed by atoms with van der Waals surface area (Å²) in [5.74, 6) is -1.18.